The second kappa shape index (κ2) is 7.77. The second-order valence-electron chi connectivity index (χ2n) is 5.50. The first-order chi connectivity index (χ1) is 13.2. The average molecular weight is 409 g/mol. The molecule has 0 saturated carbocycles. The zero-order chi connectivity index (χ0) is 20.3. The summed E-state index contributed by atoms with van der Waals surface area (Å²) < 4.78 is 50.4. The van der Waals surface area contributed by atoms with Gasteiger partial charge in [-0.15, -0.1) is 11.3 Å². The van der Waals surface area contributed by atoms with E-state index in [1.54, 1.807) is 10.7 Å². The lowest BCUT2D eigenvalue weighted by Crippen LogP contribution is -2.30. The molecule has 0 fully saturated rings. The minimum atomic E-state index is -5.08. The van der Waals surface area contributed by atoms with E-state index < -0.39 is 23.8 Å². The third-order valence-corrected chi connectivity index (χ3v) is 4.30. The summed E-state index contributed by atoms with van der Waals surface area (Å²) >= 11 is 1.09. The van der Waals surface area contributed by atoms with Crippen LogP contribution in [-0.2, 0) is 4.79 Å². The Balaban J connectivity index is 1.77. The number of carbonyl (C=O) groups excluding carboxylic acids is 2. The van der Waals surface area contributed by atoms with E-state index in [1.165, 1.54) is 48.5 Å². The number of nitrogens with one attached hydrogen (secondary N) is 2. The maximum Gasteiger partial charge on any atom is 0.471 e. The lowest BCUT2D eigenvalue weighted by atomic mass is 10.1. The van der Waals surface area contributed by atoms with Crippen molar-refractivity contribution in [3.8, 4) is 11.3 Å². The van der Waals surface area contributed by atoms with Crippen molar-refractivity contribution in [2.24, 2.45) is 0 Å². The van der Waals surface area contributed by atoms with E-state index in [0.717, 1.165) is 11.3 Å². The summed E-state index contributed by atoms with van der Waals surface area (Å²) in [6.07, 6.45) is -5.08. The van der Waals surface area contributed by atoms with Crippen LogP contribution in [-0.4, -0.2) is 23.0 Å². The zero-order valence-corrected chi connectivity index (χ0v) is 14.7. The van der Waals surface area contributed by atoms with Crippen molar-refractivity contribution in [2.75, 3.05) is 10.6 Å². The van der Waals surface area contributed by atoms with Gasteiger partial charge in [0.25, 0.3) is 5.91 Å². The van der Waals surface area contributed by atoms with Crippen LogP contribution in [0.5, 0.6) is 0 Å². The highest BCUT2D eigenvalue weighted by Crippen LogP contribution is 2.26. The van der Waals surface area contributed by atoms with E-state index in [1.807, 2.05) is 0 Å². The second-order valence-corrected chi connectivity index (χ2v) is 6.35. The molecule has 0 aliphatic heterocycles. The maximum absolute atomic E-state index is 13.0. The first-order valence-electron chi connectivity index (χ1n) is 7.74. The van der Waals surface area contributed by atoms with Gasteiger partial charge in [-0.3, -0.25) is 14.9 Å². The highest BCUT2D eigenvalue weighted by Gasteiger charge is 2.39. The molecule has 0 unspecified atom stereocenters. The highest BCUT2D eigenvalue weighted by atomic mass is 32.1. The summed E-state index contributed by atoms with van der Waals surface area (Å²) in [6, 6.07) is 10.9. The molecule has 5 nitrogen and oxygen atoms in total. The fraction of sp³-hybridized carbons (Fsp3) is 0.0556. The molecular formula is C18H11F4N3O2S. The van der Waals surface area contributed by atoms with E-state index >= 15 is 0 Å². The van der Waals surface area contributed by atoms with Crippen molar-refractivity contribution in [3.05, 3.63) is 65.3 Å². The number of hydrogen-bond acceptors (Lipinski definition) is 4. The largest absolute Gasteiger partial charge is 0.471 e. The molecule has 1 aromatic heterocycles. The minimum absolute atomic E-state index is 0.154. The van der Waals surface area contributed by atoms with Gasteiger partial charge in [0.2, 0.25) is 0 Å². The minimum Gasteiger partial charge on any atom is -0.317 e. The van der Waals surface area contributed by atoms with Crippen LogP contribution in [0.1, 0.15) is 10.4 Å². The topological polar surface area (TPSA) is 71.1 Å². The molecule has 3 rings (SSSR count). The van der Waals surface area contributed by atoms with Gasteiger partial charge in [-0.2, -0.15) is 13.2 Å². The van der Waals surface area contributed by atoms with Gasteiger partial charge in [0.1, 0.15) is 5.82 Å². The Morgan fingerprint density at radius 2 is 1.64 bits per heavy atom. The summed E-state index contributed by atoms with van der Waals surface area (Å²) in [5.41, 5.74) is 0.700. The number of hydrogen-bond donors (Lipinski definition) is 2. The number of alkyl halides is 3. The molecule has 0 atom stereocenters. The Morgan fingerprint density at radius 3 is 2.32 bits per heavy atom. The van der Waals surface area contributed by atoms with Crippen molar-refractivity contribution >= 4 is 34.0 Å². The molecule has 2 aromatic carbocycles. The molecule has 144 valence electrons. The molecule has 0 saturated heterocycles. The SMILES string of the molecule is O=C(Nc1nc(-c2ccc(F)cc2)cs1)c1ccccc1NC(=O)C(F)(F)F. The normalized spacial score (nSPS) is 11.1. The molecular weight excluding hydrogens is 398 g/mol. The standard InChI is InChI=1S/C18H11F4N3O2S/c19-11-7-5-10(6-8-11)14-9-28-17(24-14)25-15(26)12-3-1-2-4-13(12)23-16(27)18(20,21)22/h1-9H,(H,23,27)(H,24,25,26). The molecule has 3 aromatic rings. The Hall–Kier alpha value is -3.27. The van der Waals surface area contributed by atoms with E-state index in [-0.39, 0.29) is 16.4 Å². The average Bonchev–Trinajstić information content (AvgIpc) is 3.10. The van der Waals surface area contributed by atoms with E-state index in [9.17, 15) is 27.2 Å². The predicted molar refractivity (Wildman–Crippen MR) is 96.6 cm³/mol. The number of benzene rings is 2. The van der Waals surface area contributed by atoms with Crippen LogP contribution in [0.25, 0.3) is 11.3 Å². The van der Waals surface area contributed by atoms with Crippen LogP contribution < -0.4 is 10.6 Å². The van der Waals surface area contributed by atoms with Crippen LogP contribution in [0, 0.1) is 5.82 Å². The molecule has 2 amide bonds. The van der Waals surface area contributed by atoms with Crippen LogP contribution in [0.4, 0.5) is 28.4 Å². The Bertz CT molecular complexity index is 1020. The van der Waals surface area contributed by atoms with E-state index in [4.69, 9.17) is 0 Å². The number of aromatic nitrogens is 1. The van der Waals surface area contributed by atoms with Gasteiger partial charge >= 0.3 is 12.1 Å². The highest BCUT2D eigenvalue weighted by molar-refractivity contribution is 7.14. The van der Waals surface area contributed by atoms with E-state index in [0.29, 0.717) is 11.3 Å². The van der Waals surface area contributed by atoms with Gasteiger partial charge in [0, 0.05) is 10.9 Å². The first kappa shape index (κ1) is 19.5. The molecule has 0 radical (unpaired) electrons. The first-order valence-corrected chi connectivity index (χ1v) is 8.62. The molecule has 1 heterocycles. The van der Waals surface area contributed by atoms with Crippen LogP contribution in [0.2, 0.25) is 0 Å². The van der Waals surface area contributed by atoms with Gasteiger partial charge in [-0.25, -0.2) is 9.37 Å². The number of amides is 2. The number of rotatable bonds is 4. The Morgan fingerprint density at radius 1 is 0.964 bits per heavy atom. The quantitative estimate of drug-likeness (QED) is 0.614. The summed E-state index contributed by atoms with van der Waals surface area (Å²) in [5.74, 6) is -3.32. The summed E-state index contributed by atoms with van der Waals surface area (Å²) in [7, 11) is 0. The lowest BCUT2D eigenvalue weighted by Gasteiger charge is -2.11. The summed E-state index contributed by atoms with van der Waals surface area (Å²) in [6.45, 7) is 0. The molecule has 0 spiro atoms. The molecule has 2 N–H and O–H groups in total. The summed E-state index contributed by atoms with van der Waals surface area (Å²) in [4.78, 5) is 27.8. The number of carbonyl (C=O) groups is 2. The summed E-state index contributed by atoms with van der Waals surface area (Å²) in [5, 5.41) is 5.98. The fourth-order valence-corrected chi connectivity index (χ4v) is 2.95. The number of nitrogens with zero attached hydrogens (tertiary/aromatic N) is 1. The van der Waals surface area contributed by atoms with Crippen LogP contribution in [0.15, 0.2) is 53.9 Å². The van der Waals surface area contributed by atoms with Gasteiger partial charge in [-0.1, -0.05) is 12.1 Å². The maximum atomic E-state index is 13.0. The monoisotopic (exact) mass is 409 g/mol. The lowest BCUT2D eigenvalue weighted by molar-refractivity contribution is -0.167. The Labute approximate surface area is 160 Å². The predicted octanol–water partition coefficient (Wildman–Crippen LogP) is 4.70. The van der Waals surface area contributed by atoms with Crippen molar-refractivity contribution in [2.45, 2.75) is 6.18 Å². The molecule has 28 heavy (non-hydrogen) atoms. The number of anilines is 2. The third kappa shape index (κ3) is 4.52. The molecule has 10 heteroatoms. The Kier molecular flexibility index (Phi) is 5.41. The van der Waals surface area contributed by atoms with Gasteiger partial charge < -0.3 is 5.32 Å². The van der Waals surface area contributed by atoms with Gasteiger partial charge in [-0.05, 0) is 36.4 Å². The van der Waals surface area contributed by atoms with Crippen molar-refractivity contribution < 1.29 is 27.2 Å². The third-order valence-electron chi connectivity index (χ3n) is 3.54. The number of halogens is 4. The van der Waals surface area contributed by atoms with E-state index in [2.05, 4.69) is 10.3 Å². The number of thiazole rings is 1. The smallest absolute Gasteiger partial charge is 0.317 e. The zero-order valence-electron chi connectivity index (χ0n) is 13.9. The fourth-order valence-electron chi connectivity index (χ4n) is 2.23. The molecule has 0 aliphatic rings. The van der Waals surface area contributed by atoms with Crippen molar-refractivity contribution in [1.29, 1.82) is 0 Å². The van der Waals surface area contributed by atoms with Gasteiger partial charge in [0.05, 0.1) is 16.9 Å². The van der Waals surface area contributed by atoms with Crippen LogP contribution >= 0.6 is 11.3 Å². The van der Waals surface area contributed by atoms with Crippen molar-refractivity contribution in [1.82, 2.24) is 4.98 Å². The van der Waals surface area contributed by atoms with Gasteiger partial charge in [0.15, 0.2) is 5.13 Å². The van der Waals surface area contributed by atoms with Crippen molar-refractivity contribution in [3.63, 3.8) is 0 Å². The molecule has 0 aliphatic carbocycles. The number of para-hydroxylation sites is 1. The molecule has 0 bridgehead atoms. The van der Waals surface area contributed by atoms with Crippen LogP contribution in [0.3, 0.4) is 0 Å².